The smallest absolute Gasteiger partial charge is 0.347 e. The Balaban J connectivity index is 2.25. The Labute approximate surface area is 105 Å². The predicted molar refractivity (Wildman–Crippen MR) is 63.6 cm³/mol. The summed E-state index contributed by atoms with van der Waals surface area (Å²) >= 11 is 0. The third-order valence-electron chi connectivity index (χ3n) is 2.83. The predicted octanol–water partition coefficient (Wildman–Crippen LogP) is 1.44. The van der Waals surface area contributed by atoms with E-state index in [0.717, 1.165) is 0 Å². The normalized spacial score (nSPS) is 20.4. The van der Waals surface area contributed by atoms with Crippen molar-refractivity contribution in [3.63, 3.8) is 0 Å². The number of cyclic esters (lactones) is 1. The number of esters is 1. The van der Waals surface area contributed by atoms with Crippen LogP contribution in [-0.4, -0.2) is 30.9 Å². The van der Waals surface area contributed by atoms with E-state index in [9.17, 15) is 9.90 Å². The quantitative estimate of drug-likeness (QED) is 0.821. The second-order valence-electron chi connectivity index (χ2n) is 4.14. The summed E-state index contributed by atoms with van der Waals surface area (Å²) in [7, 11) is 1.55. The minimum absolute atomic E-state index is 0.366. The van der Waals surface area contributed by atoms with Crippen molar-refractivity contribution in [3.05, 3.63) is 23.8 Å². The fourth-order valence-corrected chi connectivity index (χ4v) is 1.83. The van der Waals surface area contributed by atoms with Gasteiger partial charge in [0.15, 0.2) is 6.10 Å². The van der Waals surface area contributed by atoms with Crippen LogP contribution in [0.3, 0.4) is 0 Å². The lowest BCUT2D eigenvalue weighted by Gasteiger charge is -2.16. The van der Waals surface area contributed by atoms with Crippen molar-refractivity contribution < 1.29 is 24.1 Å². The maximum atomic E-state index is 11.4. The molecule has 0 bridgehead atoms. The highest BCUT2D eigenvalue weighted by molar-refractivity contribution is 5.76. The second kappa shape index (κ2) is 5.27. The largest absolute Gasteiger partial charge is 0.497 e. The molecule has 1 aromatic rings. The Morgan fingerprint density at radius 3 is 2.83 bits per heavy atom. The van der Waals surface area contributed by atoms with Gasteiger partial charge >= 0.3 is 5.97 Å². The Morgan fingerprint density at radius 1 is 1.50 bits per heavy atom. The SMILES string of the molecule is COc1ccc([C@H](C)O)c(OC2CCOC2=O)c1. The molecule has 1 fully saturated rings. The molecule has 2 rings (SSSR count). The van der Waals surface area contributed by atoms with Crippen LogP contribution in [0.15, 0.2) is 18.2 Å². The van der Waals surface area contributed by atoms with Crippen LogP contribution in [0.5, 0.6) is 11.5 Å². The van der Waals surface area contributed by atoms with Crippen molar-refractivity contribution in [3.8, 4) is 11.5 Å². The van der Waals surface area contributed by atoms with Crippen LogP contribution in [0.1, 0.15) is 25.0 Å². The third-order valence-corrected chi connectivity index (χ3v) is 2.83. The van der Waals surface area contributed by atoms with E-state index in [1.807, 2.05) is 0 Å². The fraction of sp³-hybridized carbons (Fsp3) is 0.462. The first-order valence-corrected chi connectivity index (χ1v) is 5.81. The molecular weight excluding hydrogens is 236 g/mol. The van der Waals surface area contributed by atoms with Gasteiger partial charge in [0.1, 0.15) is 11.5 Å². The first-order valence-electron chi connectivity index (χ1n) is 5.81. The zero-order valence-electron chi connectivity index (χ0n) is 10.4. The number of ether oxygens (including phenoxy) is 3. The van der Waals surface area contributed by atoms with Gasteiger partial charge in [-0.05, 0) is 19.1 Å². The molecule has 1 N–H and O–H groups in total. The maximum absolute atomic E-state index is 11.4. The number of hydrogen-bond donors (Lipinski definition) is 1. The summed E-state index contributed by atoms with van der Waals surface area (Å²) in [6.45, 7) is 2.01. The van der Waals surface area contributed by atoms with E-state index in [0.29, 0.717) is 30.1 Å². The number of aliphatic hydroxyl groups is 1. The minimum atomic E-state index is -0.677. The van der Waals surface area contributed by atoms with Gasteiger partial charge in [-0.3, -0.25) is 0 Å². The first kappa shape index (κ1) is 12.7. The van der Waals surface area contributed by atoms with Crippen molar-refractivity contribution >= 4 is 5.97 Å². The molecule has 5 nitrogen and oxygen atoms in total. The highest BCUT2D eigenvalue weighted by Gasteiger charge is 2.29. The van der Waals surface area contributed by atoms with Crippen molar-refractivity contribution in [2.45, 2.75) is 25.6 Å². The molecule has 1 heterocycles. The van der Waals surface area contributed by atoms with Gasteiger partial charge in [-0.25, -0.2) is 4.79 Å². The number of rotatable bonds is 4. The Hall–Kier alpha value is -1.75. The van der Waals surface area contributed by atoms with Gasteiger partial charge in [0, 0.05) is 18.1 Å². The summed E-state index contributed by atoms with van der Waals surface area (Å²) < 4.78 is 15.5. The van der Waals surface area contributed by atoms with Gasteiger partial charge in [-0.2, -0.15) is 0 Å². The van der Waals surface area contributed by atoms with Gasteiger partial charge in [0.2, 0.25) is 0 Å². The molecule has 1 unspecified atom stereocenters. The van der Waals surface area contributed by atoms with Crippen LogP contribution in [-0.2, 0) is 9.53 Å². The fourth-order valence-electron chi connectivity index (χ4n) is 1.83. The summed E-state index contributed by atoms with van der Waals surface area (Å²) in [6.07, 6.45) is -0.757. The zero-order valence-corrected chi connectivity index (χ0v) is 10.4. The second-order valence-corrected chi connectivity index (χ2v) is 4.14. The molecular formula is C13H16O5. The summed E-state index contributed by atoms with van der Waals surface area (Å²) in [5, 5.41) is 9.67. The summed E-state index contributed by atoms with van der Waals surface area (Å²) in [4.78, 5) is 11.4. The minimum Gasteiger partial charge on any atom is -0.497 e. The summed E-state index contributed by atoms with van der Waals surface area (Å²) in [6, 6.07) is 5.12. The van der Waals surface area contributed by atoms with Crippen LogP contribution in [0.2, 0.25) is 0 Å². The molecule has 0 aromatic heterocycles. The van der Waals surface area contributed by atoms with Crippen molar-refractivity contribution in [1.82, 2.24) is 0 Å². The van der Waals surface area contributed by atoms with Gasteiger partial charge in [0.05, 0.1) is 19.8 Å². The lowest BCUT2D eigenvalue weighted by atomic mass is 10.1. The number of methoxy groups -OCH3 is 1. The molecule has 18 heavy (non-hydrogen) atoms. The van der Waals surface area contributed by atoms with Gasteiger partial charge in [-0.1, -0.05) is 0 Å². The highest BCUT2D eigenvalue weighted by Crippen LogP contribution is 2.31. The lowest BCUT2D eigenvalue weighted by molar-refractivity contribution is -0.143. The van der Waals surface area contributed by atoms with E-state index < -0.39 is 12.2 Å². The van der Waals surface area contributed by atoms with E-state index in [1.54, 1.807) is 32.2 Å². The molecule has 0 spiro atoms. The Morgan fingerprint density at radius 2 is 2.28 bits per heavy atom. The summed E-state index contributed by atoms with van der Waals surface area (Å²) in [5.41, 5.74) is 0.621. The zero-order chi connectivity index (χ0) is 13.1. The molecule has 0 amide bonds. The monoisotopic (exact) mass is 252 g/mol. The van der Waals surface area contributed by atoms with Gasteiger partial charge in [-0.15, -0.1) is 0 Å². The number of benzene rings is 1. The van der Waals surface area contributed by atoms with Crippen LogP contribution in [0.4, 0.5) is 0 Å². The molecule has 0 aliphatic carbocycles. The molecule has 5 heteroatoms. The van der Waals surface area contributed by atoms with E-state index in [1.165, 1.54) is 0 Å². The number of aliphatic hydroxyl groups excluding tert-OH is 1. The first-order chi connectivity index (χ1) is 8.61. The molecule has 1 aliphatic rings. The number of carbonyl (C=O) groups excluding carboxylic acids is 1. The van der Waals surface area contributed by atoms with E-state index >= 15 is 0 Å². The molecule has 2 atom stereocenters. The summed E-state index contributed by atoms with van der Waals surface area (Å²) in [5.74, 6) is 0.698. The third kappa shape index (κ3) is 2.56. The highest BCUT2D eigenvalue weighted by atomic mass is 16.6. The maximum Gasteiger partial charge on any atom is 0.347 e. The van der Waals surface area contributed by atoms with E-state index in [-0.39, 0.29) is 5.97 Å². The van der Waals surface area contributed by atoms with E-state index in [4.69, 9.17) is 14.2 Å². The van der Waals surface area contributed by atoms with E-state index in [2.05, 4.69) is 0 Å². The molecule has 1 aromatic carbocycles. The molecule has 1 saturated heterocycles. The number of carbonyl (C=O) groups is 1. The molecule has 98 valence electrons. The van der Waals surface area contributed by atoms with Crippen molar-refractivity contribution in [2.24, 2.45) is 0 Å². The average molecular weight is 252 g/mol. The average Bonchev–Trinajstić information content (AvgIpc) is 2.74. The Kier molecular flexibility index (Phi) is 3.72. The van der Waals surface area contributed by atoms with Crippen LogP contribution in [0, 0.1) is 0 Å². The number of hydrogen-bond acceptors (Lipinski definition) is 5. The standard InChI is InChI=1S/C13H16O5/c1-8(14)10-4-3-9(16-2)7-12(10)18-11-5-6-17-13(11)15/h3-4,7-8,11,14H,5-6H2,1-2H3/t8-,11?/m0/s1. The Bertz CT molecular complexity index is 441. The van der Waals surface area contributed by atoms with Crippen molar-refractivity contribution in [2.75, 3.05) is 13.7 Å². The van der Waals surface area contributed by atoms with Crippen LogP contribution >= 0.6 is 0 Å². The van der Waals surface area contributed by atoms with Gasteiger partial charge < -0.3 is 19.3 Å². The van der Waals surface area contributed by atoms with Crippen LogP contribution < -0.4 is 9.47 Å². The topological polar surface area (TPSA) is 65.0 Å². The molecule has 0 saturated carbocycles. The molecule has 1 aliphatic heterocycles. The van der Waals surface area contributed by atoms with Gasteiger partial charge in [0.25, 0.3) is 0 Å². The van der Waals surface area contributed by atoms with Crippen molar-refractivity contribution in [1.29, 1.82) is 0 Å². The lowest BCUT2D eigenvalue weighted by Crippen LogP contribution is -2.22. The van der Waals surface area contributed by atoms with Crippen LogP contribution in [0.25, 0.3) is 0 Å². The molecule has 0 radical (unpaired) electrons.